The highest BCUT2D eigenvalue weighted by atomic mass is 32.2. The van der Waals surface area contributed by atoms with Crippen LogP contribution < -0.4 is 4.90 Å². The maximum atomic E-state index is 12.8. The Morgan fingerprint density at radius 2 is 1.81 bits per heavy atom. The highest BCUT2D eigenvalue weighted by Gasteiger charge is 2.36. The van der Waals surface area contributed by atoms with E-state index in [1.807, 2.05) is 11.9 Å². The first-order valence-electron chi connectivity index (χ1n) is 9.18. The predicted octanol–water partition coefficient (Wildman–Crippen LogP) is 4.75. The summed E-state index contributed by atoms with van der Waals surface area (Å²) in [7, 11) is 1.90. The van der Waals surface area contributed by atoms with Crippen LogP contribution in [0.4, 0.5) is 18.9 Å². The van der Waals surface area contributed by atoms with E-state index in [-0.39, 0.29) is 12.1 Å². The molecule has 1 amide bonds. The number of alkyl halides is 3. The molecule has 1 aliphatic heterocycles. The first-order chi connectivity index (χ1) is 12.8. The van der Waals surface area contributed by atoms with Crippen LogP contribution in [0.3, 0.4) is 0 Å². The number of nitrogens with zero attached hydrogens (tertiary/aromatic N) is 3. The van der Waals surface area contributed by atoms with Crippen LogP contribution in [-0.4, -0.2) is 41.0 Å². The van der Waals surface area contributed by atoms with E-state index >= 15 is 0 Å². The Bertz CT molecular complexity index is 699. The number of thioether (sulfide) groups is 1. The molecule has 0 bridgehead atoms. The number of halogens is 3. The monoisotopic (exact) mass is 399 g/mol. The Morgan fingerprint density at radius 3 is 2.37 bits per heavy atom. The molecule has 4 nitrogen and oxygen atoms in total. The molecule has 1 unspecified atom stereocenters. The maximum Gasteiger partial charge on any atom is 0.416 e. The smallest absolute Gasteiger partial charge is 0.333 e. The van der Waals surface area contributed by atoms with Crippen LogP contribution in [0.1, 0.15) is 44.6 Å². The number of rotatable bonds is 3. The van der Waals surface area contributed by atoms with Crippen molar-refractivity contribution < 1.29 is 18.0 Å². The highest BCUT2D eigenvalue weighted by Crippen LogP contribution is 2.34. The second-order valence-corrected chi connectivity index (χ2v) is 8.03. The SMILES string of the molecule is CC(=O)N(c1ccc(C(F)(F)F)cc1)C1CSC(=NC2CCCCC2)N1C. The van der Waals surface area contributed by atoms with Gasteiger partial charge in [-0.25, -0.2) is 0 Å². The van der Waals surface area contributed by atoms with Crippen LogP contribution in [0.2, 0.25) is 0 Å². The van der Waals surface area contributed by atoms with Crippen LogP contribution in [-0.2, 0) is 11.0 Å². The molecule has 0 N–H and O–H groups in total. The average molecular weight is 399 g/mol. The van der Waals surface area contributed by atoms with E-state index in [1.165, 1.54) is 38.3 Å². The van der Waals surface area contributed by atoms with Gasteiger partial charge in [0.2, 0.25) is 5.91 Å². The lowest BCUT2D eigenvalue weighted by molar-refractivity contribution is -0.137. The first-order valence-corrected chi connectivity index (χ1v) is 10.2. The average Bonchev–Trinajstić information content (AvgIpc) is 2.96. The van der Waals surface area contributed by atoms with Crippen molar-refractivity contribution >= 4 is 28.5 Å². The minimum absolute atomic E-state index is 0.203. The maximum absolute atomic E-state index is 12.8. The van der Waals surface area contributed by atoms with E-state index in [4.69, 9.17) is 4.99 Å². The Kier molecular flexibility index (Phi) is 6.03. The fraction of sp³-hybridized carbons (Fsp3) is 0.579. The van der Waals surface area contributed by atoms with Gasteiger partial charge in [0.15, 0.2) is 5.17 Å². The Morgan fingerprint density at radius 1 is 1.19 bits per heavy atom. The van der Waals surface area contributed by atoms with Crippen molar-refractivity contribution in [3.8, 4) is 0 Å². The summed E-state index contributed by atoms with van der Waals surface area (Å²) < 4.78 is 38.4. The van der Waals surface area contributed by atoms with Crippen LogP contribution in [0.5, 0.6) is 0 Å². The van der Waals surface area contributed by atoms with Crippen molar-refractivity contribution in [3.63, 3.8) is 0 Å². The molecular weight excluding hydrogens is 375 g/mol. The molecule has 1 heterocycles. The van der Waals surface area contributed by atoms with Gasteiger partial charge in [-0.1, -0.05) is 31.0 Å². The third-order valence-electron chi connectivity index (χ3n) is 5.09. The molecule has 3 rings (SSSR count). The van der Waals surface area contributed by atoms with E-state index in [0.29, 0.717) is 17.5 Å². The standard InChI is InChI=1S/C19H24F3N3OS/c1-13(26)25(16-10-8-14(9-11-16)19(20,21)22)17-12-27-18(24(17)2)23-15-6-4-3-5-7-15/h8-11,15,17H,3-7,12H2,1-2H3. The zero-order chi connectivity index (χ0) is 19.6. The van der Waals surface area contributed by atoms with E-state index in [0.717, 1.165) is 30.1 Å². The highest BCUT2D eigenvalue weighted by molar-refractivity contribution is 8.14. The topological polar surface area (TPSA) is 35.9 Å². The molecule has 1 atom stereocenters. The molecule has 1 saturated heterocycles. The molecule has 1 aromatic carbocycles. The van der Waals surface area contributed by atoms with Gasteiger partial charge in [0, 0.05) is 25.4 Å². The van der Waals surface area contributed by atoms with Crippen molar-refractivity contribution in [1.29, 1.82) is 0 Å². The molecule has 0 spiro atoms. The van der Waals surface area contributed by atoms with E-state index < -0.39 is 11.7 Å². The van der Waals surface area contributed by atoms with Crippen LogP contribution in [0.15, 0.2) is 29.3 Å². The Labute approximate surface area is 161 Å². The fourth-order valence-corrected chi connectivity index (χ4v) is 4.83. The second kappa shape index (κ2) is 8.12. The van der Waals surface area contributed by atoms with Crippen molar-refractivity contribution in [3.05, 3.63) is 29.8 Å². The summed E-state index contributed by atoms with van der Waals surface area (Å²) in [5.74, 6) is 0.439. The van der Waals surface area contributed by atoms with Gasteiger partial charge < -0.3 is 4.90 Å². The molecule has 0 aromatic heterocycles. The van der Waals surface area contributed by atoms with Gasteiger partial charge in [-0.15, -0.1) is 0 Å². The summed E-state index contributed by atoms with van der Waals surface area (Å²) in [4.78, 5) is 20.7. The number of amides is 1. The Hall–Kier alpha value is -1.70. The summed E-state index contributed by atoms with van der Waals surface area (Å²) in [5, 5.41) is 0.907. The molecule has 148 valence electrons. The molecule has 27 heavy (non-hydrogen) atoms. The van der Waals surface area contributed by atoms with Crippen molar-refractivity contribution in [2.75, 3.05) is 17.7 Å². The third kappa shape index (κ3) is 4.59. The first kappa shape index (κ1) is 20.0. The van der Waals surface area contributed by atoms with Gasteiger partial charge >= 0.3 is 6.18 Å². The molecule has 0 radical (unpaired) electrons. The molecule has 2 aliphatic rings. The second-order valence-electron chi connectivity index (χ2n) is 7.04. The normalized spacial score (nSPS) is 23.1. The third-order valence-corrected chi connectivity index (χ3v) is 6.20. The van der Waals surface area contributed by atoms with Gasteiger partial charge in [0.1, 0.15) is 6.17 Å². The van der Waals surface area contributed by atoms with Crippen LogP contribution >= 0.6 is 11.8 Å². The Balaban J connectivity index is 1.79. The van der Waals surface area contributed by atoms with Gasteiger partial charge in [-0.05, 0) is 37.1 Å². The summed E-state index contributed by atoms with van der Waals surface area (Å²) in [6, 6.07) is 5.09. The number of carbonyl (C=O) groups is 1. The van der Waals surface area contributed by atoms with Gasteiger partial charge in [0.05, 0.1) is 11.6 Å². The lowest BCUT2D eigenvalue weighted by Crippen LogP contribution is -2.48. The minimum Gasteiger partial charge on any atom is -0.333 e. The fourth-order valence-electron chi connectivity index (χ4n) is 3.61. The van der Waals surface area contributed by atoms with Crippen LogP contribution in [0.25, 0.3) is 0 Å². The molecular formula is C19H24F3N3OS. The van der Waals surface area contributed by atoms with Gasteiger partial charge in [-0.3, -0.25) is 14.7 Å². The number of hydrogen-bond acceptors (Lipinski definition) is 3. The lowest BCUT2D eigenvalue weighted by Gasteiger charge is -2.33. The molecule has 1 aliphatic carbocycles. The molecule has 1 saturated carbocycles. The molecule has 2 fully saturated rings. The van der Waals surface area contributed by atoms with Crippen molar-refractivity contribution in [1.82, 2.24) is 4.90 Å². The van der Waals surface area contributed by atoms with E-state index in [1.54, 1.807) is 16.7 Å². The summed E-state index contributed by atoms with van der Waals surface area (Å²) in [6.45, 7) is 1.44. The number of hydrogen-bond donors (Lipinski definition) is 0. The quantitative estimate of drug-likeness (QED) is 0.736. The number of aliphatic imine (C=N–C) groups is 1. The van der Waals surface area contributed by atoms with Crippen LogP contribution in [0, 0.1) is 0 Å². The summed E-state index contributed by atoms with van der Waals surface area (Å²) in [6.07, 6.45) is 1.20. The van der Waals surface area contributed by atoms with Crippen molar-refractivity contribution in [2.45, 2.75) is 57.4 Å². The number of benzene rings is 1. The van der Waals surface area contributed by atoms with Crippen molar-refractivity contribution in [2.24, 2.45) is 4.99 Å². The van der Waals surface area contributed by atoms with E-state index in [9.17, 15) is 18.0 Å². The van der Waals surface area contributed by atoms with Gasteiger partial charge in [0.25, 0.3) is 0 Å². The number of carbonyl (C=O) groups excluding carboxylic acids is 1. The lowest BCUT2D eigenvalue weighted by atomic mass is 9.96. The summed E-state index contributed by atoms with van der Waals surface area (Å²) in [5.41, 5.74) is -0.254. The zero-order valence-corrected chi connectivity index (χ0v) is 16.3. The zero-order valence-electron chi connectivity index (χ0n) is 15.5. The summed E-state index contributed by atoms with van der Waals surface area (Å²) >= 11 is 1.60. The van der Waals surface area contributed by atoms with Gasteiger partial charge in [-0.2, -0.15) is 13.2 Å². The largest absolute Gasteiger partial charge is 0.416 e. The number of anilines is 1. The molecule has 1 aromatic rings. The molecule has 8 heteroatoms. The predicted molar refractivity (Wildman–Crippen MR) is 103 cm³/mol. The minimum atomic E-state index is -4.39. The number of amidine groups is 1. The van der Waals surface area contributed by atoms with E-state index in [2.05, 4.69) is 0 Å².